The summed E-state index contributed by atoms with van der Waals surface area (Å²) >= 11 is 4.67. The maximum Gasteiger partial charge on any atom is 0.234 e. The van der Waals surface area contributed by atoms with Crippen LogP contribution >= 0.6 is 27.7 Å². The van der Waals surface area contributed by atoms with E-state index in [0.29, 0.717) is 16.4 Å². The third-order valence-corrected chi connectivity index (χ3v) is 4.83. The van der Waals surface area contributed by atoms with E-state index in [4.69, 9.17) is 0 Å². The Morgan fingerprint density at radius 3 is 2.65 bits per heavy atom. The molecule has 1 heterocycles. The molecule has 0 atom stereocenters. The van der Waals surface area contributed by atoms with Crippen molar-refractivity contribution >= 4 is 39.3 Å². The van der Waals surface area contributed by atoms with Crippen LogP contribution in [0.25, 0.3) is 11.4 Å². The molecule has 1 aromatic heterocycles. The van der Waals surface area contributed by atoms with Gasteiger partial charge in [0, 0.05) is 21.4 Å². The van der Waals surface area contributed by atoms with Gasteiger partial charge in [-0.15, -0.1) is 0 Å². The summed E-state index contributed by atoms with van der Waals surface area (Å²) in [5.74, 6) is 0.201. The topological polar surface area (TPSA) is 54.9 Å². The van der Waals surface area contributed by atoms with Gasteiger partial charge in [0.2, 0.25) is 5.91 Å². The van der Waals surface area contributed by atoms with Crippen LogP contribution in [0, 0.1) is 12.7 Å². The summed E-state index contributed by atoms with van der Waals surface area (Å²) in [7, 11) is 0. The van der Waals surface area contributed by atoms with E-state index in [1.165, 1.54) is 23.9 Å². The molecule has 0 saturated heterocycles. The number of nitrogens with zero attached hydrogens (tertiary/aromatic N) is 2. The number of aromatic nitrogens is 2. The quantitative estimate of drug-likeness (QED) is 0.451. The predicted molar refractivity (Wildman–Crippen MR) is 106 cm³/mol. The number of aryl methyl sites for hydroxylation is 1. The average Bonchev–Trinajstić information content (AvgIpc) is 2.61. The van der Waals surface area contributed by atoms with Gasteiger partial charge < -0.3 is 5.32 Å². The van der Waals surface area contributed by atoms with Gasteiger partial charge in [-0.3, -0.25) is 4.79 Å². The van der Waals surface area contributed by atoms with E-state index in [9.17, 15) is 9.18 Å². The van der Waals surface area contributed by atoms with Crippen molar-refractivity contribution in [1.82, 2.24) is 9.97 Å². The summed E-state index contributed by atoms with van der Waals surface area (Å²) in [4.78, 5) is 20.9. The first-order chi connectivity index (χ1) is 12.5. The first-order valence-corrected chi connectivity index (χ1v) is 9.57. The van der Waals surface area contributed by atoms with Crippen LogP contribution in [0.4, 0.5) is 10.1 Å². The summed E-state index contributed by atoms with van der Waals surface area (Å²) in [6, 6.07) is 15.3. The maximum absolute atomic E-state index is 13.4. The summed E-state index contributed by atoms with van der Waals surface area (Å²) in [6.07, 6.45) is 0. The lowest BCUT2D eigenvalue weighted by atomic mass is 10.2. The van der Waals surface area contributed by atoms with Gasteiger partial charge in [-0.05, 0) is 49.4 Å². The molecule has 0 saturated carbocycles. The van der Waals surface area contributed by atoms with Gasteiger partial charge in [0.15, 0.2) is 5.82 Å². The Morgan fingerprint density at radius 1 is 1.15 bits per heavy atom. The Labute approximate surface area is 163 Å². The number of hydrogen-bond donors (Lipinski definition) is 1. The molecule has 7 heteroatoms. The summed E-state index contributed by atoms with van der Waals surface area (Å²) in [6.45, 7) is 1.84. The number of hydrogen-bond acceptors (Lipinski definition) is 4. The van der Waals surface area contributed by atoms with E-state index in [-0.39, 0.29) is 17.5 Å². The molecular weight excluding hydrogens is 417 g/mol. The number of carbonyl (C=O) groups excluding carboxylic acids is 1. The molecule has 4 nitrogen and oxygen atoms in total. The van der Waals surface area contributed by atoms with Crippen molar-refractivity contribution in [2.24, 2.45) is 0 Å². The van der Waals surface area contributed by atoms with Crippen LogP contribution < -0.4 is 5.32 Å². The molecule has 0 fully saturated rings. The molecule has 0 aliphatic carbocycles. The van der Waals surface area contributed by atoms with E-state index < -0.39 is 0 Å². The SMILES string of the molecule is Cc1cc(SCC(=O)Nc2ccc(Br)cc2)nc(-c2cccc(F)c2)n1. The molecule has 0 aliphatic rings. The summed E-state index contributed by atoms with van der Waals surface area (Å²) in [5, 5.41) is 3.50. The van der Waals surface area contributed by atoms with Gasteiger partial charge in [0.25, 0.3) is 0 Å². The Bertz CT molecular complexity index is 934. The van der Waals surface area contributed by atoms with Gasteiger partial charge in [-0.1, -0.05) is 39.8 Å². The molecule has 132 valence electrons. The highest BCUT2D eigenvalue weighted by atomic mass is 79.9. The first kappa shape index (κ1) is 18.5. The number of anilines is 1. The minimum Gasteiger partial charge on any atom is -0.325 e. The van der Waals surface area contributed by atoms with Crippen LogP contribution in [-0.2, 0) is 4.79 Å². The normalized spacial score (nSPS) is 10.6. The molecule has 0 aliphatic heterocycles. The second kappa shape index (κ2) is 8.42. The van der Waals surface area contributed by atoms with Gasteiger partial charge in [0.05, 0.1) is 5.75 Å². The van der Waals surface area contributed by atoms with Crippen molar-refractivity contribution in [2.75, 3.05) is 11.1 Å². The van der Waals surface area contributed by atoms with Crippen molar-refractivity contribution < 1.29 is 9.18 Å². The van der Waals surface area contributed by atoms with E-state index in [1.54, 1.807) is 18.2 Å². The molecular formula is C19H15BrFN3OS. The molecule has 1 amide bonds. The van der Waals surface area contributed by atoms with E-state index in [1.807, 2.05) is 31.2 Å². The second-order valence-electron chi connectivity index (χ2n) is 5.53. The molecule has 3 aromatic rings. The van der Waals surface area contributed by atoms with Gasteiger partial charge in [-0.2, -0.15) is 0 Å². The third-order valence-electron chi connectivity index (χ3n) is 3.39. The zero-order valence-corrected chi connectivity index (χ0v) is 16.3. The number of amides is 1. The predicted octanol–water partition coefficient (Wildman–Crippen LogP) is 5.08. The fourth-order valence-electron chi connectivity index (χ4n) is 2.24. The fourth-order valence-corrected chi connectivity index (χ4v) is 3.26. The van der Waals surface area contributed by atoms with Crippen molar-refractivity contribution in [3.63, 3.8) is 0 Å². The van der Waals surface area contributed by atoms with Crippen LogP contribution in [-0.4, -0.2) is 21.6 Å². The zero-order chi connectivity index (χ0) is 18.5. The number of halogens is 2. The lowest BCUT2D eigenvalue weighted by molar-refractivity contribution is -0.113. The number of nitrogens with one attached hydrogen (secondary N) is 1. The van der Waals surface area contributed by atoms with E-state index in [0.717, 1.165) is 15.9 Å². The smallest absolute Gasteiger partial charge is 0.234 e. The Morgan fingerprint density at radius 2 is 1.92 bits per heavy atom. The number of rotatable bonds is 5. The molecule has 0 radical (unpaired) electrons. The molecule has 0 bridgehead atoms. The van der Waals surface area contributed by atoms with Crippen LogP contribution in [0.15, 0.2) is 64.1 Å². The average molecular weight is 432 g/mol. The monoisotopic (exact) mass is 431 g/mol. The van der Waals surface area contributed by atoms with Crippen molar-refractivity contribution in [3.05, 3.63) is 70.6 Å². The molecule has 1 N–H and O–H groups in total. The molecule has 2 aromatic carbocycles. The van der Waals surface area contributed by atoms with Crippen LogP contribution in [0.5, 0.6) is 0 Å². The molecule has 0 spiro atoms. The number of thioether (sulfide) groups is 1. The summed E-state index contributed by atoms with van der Waals surface area (Å²) in [5.41, 5.74) is 2.10. The zero-order valence-electron chi connectivity index (χ0n) is 13.9. The lowest BCUT2D eigenvalue weighted by Crippen LogP contribution is -2.14. The number of benzene rings is 2. The molecule has 26 heavy (non-hydrogen) atoms. The lowest BCUT2D eigenvalue weighted by Gasteiger charge is -2.07. The van der Waals surface area contributed by atoms with Crippen molar-refractivity contribution in [2.45, 2.75) is 11.9 Å². The van der Waals surface area contributed by atoms with E-state index >= 15 is 0 Å². The molecule has 0 unspecified atom stereocenters. The second-order valence-corrected chi connectivity index (χ2v) is 7.44. The van der Waals surface area contributed by atoms with Crippen LogP contribution in [0.3, 0.4) is 0 Å². The van der Waals surface area contributed by atoms with Gasteiger partial charge >= 0.3 is 0 Å². The molecule has 3 rings (SSSR count). The highest BCUT2D eigenvalue weighted by Gasteiger charge is 2.09. The van der Waals surface area contributed by atoms with Crippen molar-refractivity contribution in [1.29, 1.82) is 0 Å². The number of carbonyl (C=O) groups is 1. The van der Waals surface area contributed by atoms with Crippen LogP contribution in [0.1, 0.15) is 5.69 Å². The fraction of sp³-hybridized carbons (Fsp3) is 0.105. The summed E-state index contributed by atoms with van der Waals surface area (Å²) < 4.78 is 14.4. The maximum atomic E-state index is 13.4. The highest BCUT2D eigenvalue weighted by molar-refractivity contribution is 9.10. The Balaban J connectivity index is 1.68. The minimum atomic E-state index is -0.337. The van der Waals surface area contributed by atoms with Crippen molar-refractivity contribution in [3.8, 4) is 11.4 Å². The van der Waals surface area contributed by atoms with E-state index in [2.05, 4.69) is 31.2 Å². The Hall–Kier alpha value is -2.25. The van der Waals surface area contributed by atoms with Gasteiger partial charge in [0.1, 0.15) is 10.8 Å². The highest BCUT2D eigenvalue weighted by Crippen LogP contribution is 2.22. The Kier molecular flexibility index (Phi) is 6.00. The minimum absolute atomic E-state index is 0.124. The van der Waals surface area contributed by atoms with Gasteiger partial charge in [-0.25, -0.2) is 14.4 Å². The van der Waals surface area contributed by atoms with Crippen LogP contribution in [0.2, 0.25) is 0 Å². The third kappa shape index (κ3) is 5.12. The largest absolute Gasteiger partial charge is 0.325 e. The standard InChI is InChI=1S/C19H15BrFN3OS/c1-12-9-18(24-19(22-12)13-3-2-4-15(21)10-13)26-11-17(25)23-16-7-5-14(20)6-8-16/h2-10H,11H2,1H3,(H,23,25). The first-order valence-electron chi connectivity index (χ1n) is 7.79.